The molecule has 0 radical (unpaired) electrons. The van der Waals surface area contributed by atoms with Gasteiger partial charge in [-0.15, -0.1) is 0 Å². The van der Waals surface area contributed by atoms with Gasteiger partial charge in [0.05, 0.1) is 13.2 Å². The first-order valence-corrected chi connectivity index (χ1v) is 10.2. The fourth-order valence-electron chi connectivity index (χ4n) is 4.20. The second-order valence-corrected chi connectivity index (χ2v) is 8.22. The molecule has 0 amide bonds. The van der Waals surface area contributed by atoms with Crippen molar-refractivity contribution in [3.8, 4) is 0 Å². The summed E-state index contributed by atoms with van der Waals surface area (Å²) < 4.78 is 6.38. The minimum atomic E-state index is -0.403. The predicted molar refractivity (Wildman–Crippen MR) is 112 cm³/mol. The number of ether oxygens (including phenoxy) is 1. The largest absolute Gasteiger partial charge is 0.396 e. The van der Waals surface area contributed by atoms with Gasteiger partial charge in [0.1, 0.15) is 5.60 Å². The Morgan fingerprint density at radius 2 is 1.77 bits per heavy atom. The van der Waals surface area contributed by atoms with Crippen LogP contribution in [0.5, 0.6) is 0 Å². The molecule has 1 saturated heterocycles. The van der Waals surface area contributed by atoms with E-state index in [-0.39, 0.29) is 12.0 Å². The van der Waals surface area contributed by atoms with Crippen molar-refractivity contribution in [1.82, 2.24) is 0 Å². The lowest BCUT2D eigenvalue weighted by Crippen LogP contribution is -2.31. The lowest BCUT2D eigenvalue weighted by molar-refractivity contribution is 0.0143. The van der Waals surface area contributed by atoms with Gasteiger partial charge >= 0.3 is 0 Å². The summed E-state index contributed by atoms with van der Waals surface area (Å²) in [4.78, 5) is 0. The highest BCUT2D eigenvalue weighted by Gasteiger charge is 2.50. The third-order valence-electron chi connectivity index (χ3n) is 5.62. The minimum absolute atomic E-state index is 0.0958. The molecule has 1 fully saturated rings. The monoisotopic (exact) mass is 414 g/mol. The number of aliphatic hydroxyl groups excluding tert-OH is 1. The van der Waals surface area contributed by atoms with Crippen molar-refractivity contribution in [1.29, 1.82) is 0 Å². The van der Waals surface area contributed by atoms with Crippen molar-refractivity contribution in [3.05, 3.63) is 77.4 Å². The molecule has 138 valence electrons. The van der Waals surface area contributed by atoms with Crippen LogP contribution in [0.3, 0.4) is 0 Å². The fourth-order valence-corrected chi connectivity index (χ4v) is 4.86. The van der Waals surface area contributed by atoms with Gasteiger partial charge in [-0.1, -0.05) is 71.0 Å². The van der Waals surface area contributed by atoms with Crippen molar-refractivity contribution in [2.45, 2.75) is 32.3 Å². The Labute approximate surface area is 165 Å². The van der Waals surface area contributed by atoms with E-state index in [9.17, 15) is 5.11 Å². The molecular weight excluding hydrogens is 388 g/mol. The first-order chi connectivity index (χ1) is 12.5. The molecule has 1 aliphatic heterocycles. The summed E-state index contributed by atoms with van der Waals surface area (Å²) >= 11 is 3.68. The predicted octanol–water partition coefficient (Wildman–Crippen LogP) is 5.40. The van der Waals surface area contributed by atoms with Crippen LogP contribution < -0.4 is 0 Å². The first kappa shape index (κ1) is 19.3. The maximum atomic E-state index is 10.3. The summed E-state index contributed by atoms with van der Waals surface area (Å²) in [6, 6.07) is 16.7. The number of aliphatic hydroxyl groups is 1. The van der Waals surface area contributed by atoms with Crippen molar-refractivity contribution in [2.75, 3.05) is 18.5 Å². The second-order valence-electron chi connectivity index (χ2n) is 7.66. The summed E-state index contributed by atoms with van der Waals surface area (Å²) in [6.45, 7) is 9.18. The van der Waals surface area contributed by atoms with Gasteiger partial charge in [0.15, 0.2) is 0 Å². The van der Waals surface area contributed by atoms with E-state index in [2.05, 4.69) is 72.8 Å². The third kappa shape index (κ3) is 3.53. The zero-order chi connectivity index (χ0) is 18.8. The van der Waals surface area contributed by atoms with Crippen molar-refractivity contribution >= 4 is 21.5 Å². The lowest BCUT2D eigenvalue weighted by atomic mass is 9.74. The molecule has 3 rings (SSSR count). The molecule has 1 aliphatic rings. The van der Waals surface area contributed by atoms with Gasteiger partial charge in [0.25, 0.3) is 0 Å². The Balaban J connectivity index is 1.88. The van der Waals surface area contributed by atoms with Crippen LogP contribution in [0, 0.1) is 19.3 Å². The Morgan fingerprint density at radius 3 is 2.38 bits per heavy atom. The van der Waals surface area contributed by atoms with E-state index in [1.54, 1.807) is 0 Å². The summed E-state index contributed by atoms with van der Waals surface area (Å²) in [5.41, 5.74) is 5.17. The minimum Gasteiger partial charge on any atom is -0.396 e. The van der Waals surface area contributed by atoms with Crippen LogP contribution in [-0.2, 0) is 10.3 Å². The molecule has 3 heteroatoms. The van der Waals surface area contributed by atoms with Crippen molar-refractivity contribution < 1.29 is 9.84 Å². The van der Waals surface area contributed by atoms with E-state index in [1.807, 2.05) is 12.1 Å². The van der Waals surface area contributed by atoms with Gasteiger partial charge in [-0.25, -0.2) is 0 Å². The lowest BCUT2D eigenvalue weighted by Gasteiger charge is -2.31. The summed E-state index contributed by atoms with van der Waals surface area (Å²) in [5, 5.41) is 11.0. The number of halogens is 1. The summed E-state index contributed by atoms with van der Waals surface area (Å²) in [5.74, 6) is 0. The van der Waals surface area contributed by atoms with E-state index in [1.165, 1.54) is 22.3 Å². The second kappa shape index (κ2) is 7.67. The maximum Gasteiger partial charge on any atom is 0.104 e. The molecule has 2 aromatic rings. The highest BCUT2D eigenvalue weighted by Crippen LogP contribution is 2.50. The molecule has 0 aliphatic carbocycles. The summed E-state index contributed by atoms with van der Waals surface area (Å²) in [7, 11) is 0. The Kier molecular flexibility index (Phi) is 5.71. The topological polar surface area (TPSA) is 29.5 Å². The molecule has 2 atom stereocenters. The Hall–Kier alpha value is -1.42. The fraction of sp³-hybridized carbons (Fsp3) is 0.391. The zero-order valence-electron chi connectivity index (χ0n) is 15.6. The summed E-state index contributed by atoms with van der Waals surface area (Å²) in [6.07, 6.45) is 1.51. The molecule has 26 heavy (non-hydrogen) atoms. The van der Waals surface area contributed by atoms with Crippen LogP contribution >= 0.6 is 15.9 Å². The number of allylic oxidation sites excluding steroid dienone is 1. The smallest absolute Gasteiger partial charge is 0.104 e. The van der Waals surface area contributed by atoms with Gasteiger partial charge in [-0.3, -0.25) is 0 Å². The van der Waals surface area contributed by atoms with Gasteiger partial charge < -0.3 is 9.84 Å². The highest BCUT2D eigenvalue weighted by molar-refractivity contribution is 9.09. The number of hydrogen-bond donors (Lipinski definition) is 1. The molecule has 1 N–H and O–H groups in total. The molecule has 2 aromatic carbocycles. The van der Waals surface area contributed by atoms with E-state index >= 15 is 0 Å². The molecular formula is C23H27BrO2. The number of aryl methyl sites for hydroxylation is 2. The van der Waals surface area contributed by atoms with Crippen LogP contribution in [0.2, 0.25) is 0 Å². The maximum absolute atomic E-state index is 10.3. The van der Waals surface area contributed by atoms with E-state index < -0.39 is 5.60 Å². The first-order valence-electron chi connectivity index (χ1n) is 9.06. The zero-order valence-corrected chi connectivity index (χ0v) is 17.2. The van der Waals surface area contributed by atoms with Gasteiger partial charge in [0.2, 0.25) is 0 Å². The van der Waals surface area contributed by atoms with Crippen LogP contribution in [0.4, 0.5) is 0 Å². The Bertz CT molecular complexity index is 800. The SMILES string of the molecule is C=C(C[C@@]1(CO)CO[C@](CBr)(c2ccccc2C)C1)c1ccccc1C. The van der Waals surface area contributed by atoms with Gasteiger partial charge in [-0.05, 0) is 54.5 Å². The molecule has 0 bridgehead atoms. The number of rotatable bonds is 6. The van der Waals surface area contributed by atoms with Crippen LogP contribution in [0.1, 0.15) is 35.1 Å². The van der Waals surface area contributed by atoms with E-state index in [4.69, 9.17) is 4.74 Å². The van der Waals surface area contributed by atoms with Crippen LogP contribution in [0.15, 0.2) is 55.1 Å². The average molecular weight is 415 g/mol. The van der Waals surface area contributed by atoms with Crippen molar-refractivity contribution in [3.63, 3.8) is 0 Å². The van der Waals surface area contributed by atoms with E-state index in [0.29, 0.717) is 11.9 Å². The third-order valence-corrected chi connectivity index (χ3v) is 6.52. The number of benzene rings is 2. The van der Waals surface area contributed by atoms with Gasteiger partial charge in [0, 0.05) is 10.7 Å². The standard InChI is InChI=1S/C23H27BrO2/c1-17-8-4-6-10-20(17)19(3)12-22(15-25)13-23(14-24,26-16-22)21-11-7-5-9-18(21)2/h4-11,25H,3,12-16H2,1-2H3/t22-,23-/m1/s1. The molecule has 1 heterocycles. The molecule has 0 unspecified atom stereocenters. The van der Waals surface area contributed by atoms with Crippen LogP contribution in [-0.4, -0.2) is 23.7 Å². The van der Waals surface area contributed by atoms with Crippen molar-refractivity contribution in [2.24, 2.45) is 5.41 Å². The number of alkyl halides is 1. The van der Waals surface area contributed by atoms with Crippen LogP contribution in [0.25, 0.3) is 5.57 Å². The number of hydrogen-bond acceptors (Lipinski definition) is 2. The van der Waals surface area contributed by atoms with E-state index in [0.717, 1.165) is 18.4 Å². The highest BCUT2D eigenvalue weighted by atomic mass is 79.9. The molecule has 0 aromatic heterocycles. The molecule has 2 nitrogen and oxygen atoms in total. The Morgan fingerprint density at radius 1 is 1.12 bits per heavy atom. The quantitative estimate of drug-likeness (QED) is 0.641. The molecule has 0 saturated carbocycles. The average Bonchev–Trinajstić information content (AvgIpc) is 3.03. The molecule has 0 spiro atoms. The normalized spacial score (nSPS) is 25.4. The van der Waals surface area contributed by atoms with Gasteiger partial charge in [-0.2, -0.15) is 0 Å².